The number of ether oxygens (including phenoxy) is 1. The Labute approximate surface area is 282 Å². The standard InChI is InChI=1S/C36H72NO8P/c1-5-7-9-10-11-12-13-14-15-16-17-18-19-20-21-22-23-24-26-28-36(41)44-31-33(38)32-45-46(42,43)34(27-25-8-6-2)37(3,4)30-29-35(39)40/h17-18,33-35,38-40H,5-16,19-32H2,1-4H3/b18-17-/t33-,34?/m1/s1. The molecule has 9 nitrogen and oxygen atoms in total. The maximum Gasteiger partial charge on any atom is 0.305 e. The Morgan fingerprint density at radius 3 is 1.72 bits per heavy atom. The molecule has 0 spiro atoms. The smallest absolute Gasteiger partial charge is 0.305 e. The molecule has 0 saturated heterocycles. The highest BCUT2D eigenvalue weighted by molar-refractivity contribution is 7.51. The van der Waals surface area contributed by atoms with Crippen LogP contribution >= 0.6 is 7.60 Å². The van der Waals surface area contributed by atoms with Crippen LogP contribution < -0.4 is 4.89 Å². The molecule has 0 aliphatic heterocycles. The Balaban J connectivity index is 4.00. The number of rotatable bonds is 33. The van der Waals surface area contributed by atoms with Crippen molar-refractivity contribution in [2.45, 2.75) is 180 Å². The van der Waals surface area contributed by atoms with Gasteiger partial charge in [-0.25, -0.2) is 0 Å². The number of quaternary nitrogens is 1. The number of hydrogen-bond acceptors (Lipinski definition) is 8. The van der Waals surface area contributed by atoms with Crippen molar-refractivity contribution in [1.82, 2.24) is 0 Å². The molecule has 0 rings (SSSR count). The van der Waals surface area contributed by atoms with E-state index in [1.165, 1.54) is 77.0 Å². The molecule has 0 aliphatic carbocycles. The lowest BCUT2D eigenvalue weighted by atomic mass is 10.1. The Kier molecular flexibility index (Phi) is 28.6. The van der Waals surface area contributed by atoms with E-state index in [1.807, 2.05) is 6.92 Å². The van der Waals surface area contributed by atoms with E-state index in [4.69, 9.17) is 9.26 Å². The molecule has 0 bridgehead atoms. The van der Waals surface area contributed by atoms with E-state index in [0.29, 0.717) is 12.8 Å². The van der Waals surface area contributed by atoms with Crippen LogP contribution in [-0.2, 0) is 18.6 Å². The molecule has 0 aliphatic rings. The molecular weight excluding hydrogens is 605 g/mol. The SMILES string of the molecule is CCCCCCCCCCC/C=C\CCCCCCCCC(=O)OC[C@@H](O)COP(=O)([O-])C(CCCCC)[N+](C)(C)CCC(O)O. The molecule has 0 heterocycles. The zero-order valence-electron chi connectivity index (χ0n) is 30.0. The van der Waals surface area contributed by atoms with E-state index >= 15 is 0 Å². The van der Waals surface area contributed by atoms with Gasteiger partial charge in [-0.15, -0.1) is 0 Å². The van der Waals surface area contributed by atoms with E-state index in [1.54, 1.807) is 14.1 Å². The predicted octanol–water partition coefficient (Wildman–Crippen LogP) is 7.74. The number of aliphatic hydroxyl groups is 3. The van der Waals surface area contributed by atoms with E-state index in [-0.39, 0.29) is 30.5 Å². The summed E-state index contributed by atoms with van der Waals surface area (Å²) in [4.78, 5) is 25.2. The van der Waals surface area contributed by atoms with Gasteiger partial charge in [0, 0.05) is 19.3 Å². The van der Waals surface area contributed by atoms with E-state index in [0.717, 1.165) is 44.9 Å². The summed E-state index contributed by atoms with van der Waals surface area (Å²) in [5.41, 5.74) is 0. The minimum atomic E-state index is -4.42. The lowest BCUT2D eigenvalue weighted by molar-refractivity contribution is -0.905. The van der Waals surface area contributed by atoms with Gasteiger partial charge in [-0.05, 0) is 38.5 Å². The topological polar surface area (TPSA) is 136 Å². The summed E-state index contributed by atoms with van der Waals surface area (Å²) in [7, 11) is -0.971. The zero-order valence-corrected chi connectivity index (χ0v) is 30.9. The van der Waals surface area contributed by atoms with Crippen molar-refractivity contribution < 1.29 is 43.3 Å². The van der Waals surface area contributed by atoms with Gasteiger partial charge in [-0.3, -0.25) is 4.79 Å². The molecule has 0 fully saturated rings. The minimum absolute atomic E-state index is 0.0175. The van der Waals surface area contributed by atoms with Crippen LogP contribution in [0.5, 0.6) is 0 Å². The second-order valence-corrected chi connectivity index (χ2v) is 15.6. The number of hydrogen-bond donors (Lipinski definition) is 3. The third-order valence-electron chi connectivity index (χ3n) is 8.73. The number of esters is 1. The van der Waals surface area contributed by atoms with Crippen molar-refractivity contribution in [2.24, 2.45) is 0 Å². The fraction of sp³-hybridized carbons (Fsp3) is 0.917. The highest BCUT2D eigenvalue weighted by Crippen LogP contribution is 2.49. The van der Waals surface area contributed by atoms with Gasteiger partial charge >= 0.3 is 5.97 Å². The average molecular weight is 678 g/mol. The molecule has 0 radical (unpaired) electrons. The first-order valence-corrected chi connectivity index (χ1v) is 20.2. The number of carbonyl (C=O) groups is 1. The summed E-state index contributed by atoms with van der Waals surface area (Å²) in [5.74, 6) is -1.29. The molecule has 46 heavy (non-hydrogen) atoms. The number of aliphatic hydroxyl groups excluding tert-OH is 2. The van der Waals surface area contributed by atoms with Crippen molar-refractivity contribution in [1.29, 1.82) is 0 Å². The van der Waals surface area contributed by atoms with E-state index < -0.39 is 38.3 Å². The zero-order chi connectivity index (χ0) is 34.5. The summed E-state index contributed by atoms with van der Waals surface area (Å²) in [6.07, 6.45) is 26.1. The van der Waals surface area contributed by atoms with Crippen LogP contribution in [0.4, 0.5) is 0 Å². The number of unbranched alkanes of at least 4 members (excludes halogenated alkanes) is 17. The summed E-state index contributed by atoms with van der Waals surface area (Å²) in [5, 5.41) is 28.8. The van der Waals surface area contributed by atoms with Crippen molar-refractivity contribution in [2.75, 3.05) is 33.9 Å². The summed E-state index contributed by atoms with van der Waals surface area (Å²) >= 11 is 0. The molecule has 3 atom stereocenters. The number of carbonyl (C=O) groups excluding carboxylic acids is 1. The molecule has 0 amide bonds. The van der Waals surface area contributed by atoms with Crippen molar-refractivity contribution in [3.05, 3.63) is 12.2 Å². The van der Waals surface area contributed by atoms with Crippen LogP contribution in [0.15, 0.2) is 12.2 Å². The lowest BCUT2D eigenvalue weighted by Crippen LogP contribution is -2.51. The molecule has 0 aromatic carbocycles. The first kappa shape index (κ1) is 45.2. The van der Waals surface area contributed by atoms with Crippen molar-refractivity contribution >= 4 is 13.6 Å². The summed E-state index contributed by atoms with van der Waals surface area (Å²) in [6.45, 7) is 3.72. The van der Waals surface area contributed by atoms with Crippen LogP contribution in [0, 0.1) is 0 Å². The molecule has 3 N–H and O–H groups in total. The predicted molar refractivity (Wildman–Crippen MR) is 186 cm³/mol. The van der Waals surface area contributed by atoms with Gasteiger partial charge in [0.25, 0.3) is 0 Å². The molecule has 0 saturated carbocycles. The van der Waals surface area contributed by atoms with Gasteiger partial charge in [0.2, 0.25) is 0 Å². The molecule has 0 aromatic heterocycles. The van der Waals surface area contributed by atoms with Gasteiger partial charge in [0.1, 0.15) is 12.7 Å². The van der Waals surface area contributed by atoms with Gasteiger partial charge in [-0.2, -0.15) is 0 Å². The van der Waals surface area contributed by atoms with E-state index in [2.05, 4.69) is 19.1 Å². The monoisotopic (exact) mass is 677 g/mol. The van der Waals surface area contributed by atoms with Crippen LogP contribution in [0.2, 0.25) is 0 Å². The van der Waals surface area contributed by atoms with Crippen molar-refractivity contribution in [3.8, 4) is 0 Å². The fourth-order valence-corrected chi connectivity index (χ4v) is 7.63. The van der Waals surface area contributed by atoms with Crippen LogP contribution in [-0.4, -0.2) is 77.8 Å². The van der Waals surface area contributed by atoms with Crippen molar-refractivity contribution in [3.63, 3.8) is 0 Å². The number of allylic oxidation sites excluding steroid dienone is 2. The Morgan fingerprint density at radius 2 is 1.20 bits per heavy atom. The molecular formula is C36H72NO8P. The largest absolute Gasteiger partial charge is 0.774 e. The highest BCUT2D eigenvalue weighted by atomic mass is 31.2. The maximum atomic E-state index is 13.1. The second kappa shape index (κ2) is 29.1. The van der Waals surface area contributed by atoms with Crippen LogP contribution in [0.3, 0.4) is 0 Å². The van der Waals surface area contributed by atoms with Crippen LogP contribution in [0.25, 0.3) is 0 Å². The molecule has 2 unspecified atom stereocenters. The Hall–Kier alpha value is -0.800. The highest BCUT2D eigenvalue weighted by Gasteiger charge is 2.38. The molecule has 0 aromatic rings. The Bertz CT molecular complexity index is 792. The summed E-state index contributed by atoms with van der Waals surface area (Å²) in [6, 6.07) is 0. The quantitative estimate of drug-likeness (QED) is 0.0160. The van der Waals surface area contributed by atoms with E-state index in [9.17, 15) is 29.6 Å². The maximum absolute atomic E-state index is 13.1. The fourth-order valence-electron chi connectivity index (χ4n) is 5.70. The van der Waals surface area contributed by atoms with Crippen LogP contribution in [0.1, 0.15) is 162 Å². The van der Waals surface area contributed by atoms with Gasteiger partial charge in [-0.1, -0.05) is 116 Å². The molecule has 274 valence electrons. The third kappa shape index (κ3) is 26.2. The minimum Gasteiger partial charge on any atom is -0.774 e. The van der Waals surface area contributed by atoms with Gasteiger partial charge < -0.3 is 38.5 Å². The van der Waals surface area contributed by atoms with Gasteiger partial charge in [0.15, 0.2) is 19.7 Å². The number of nitrogens with zero attached hydrogens (tertiary/aromatic N) is 1. The van der Waals surface area contributed by atoms with Gasteiger partial charge in [0.05, 0.1) is 27.2 Å². The second-order valence-electron chi connectivity index (χ2n) is 13.7. The normalized spacial score (nSPS) is 15.0. The third-order valence-corrected chi connectivity index (χ3v) is 10.9. The lowest BCUT2D eigenvalue weighted by Gasteiger charge is -2.44. The summed E-state index contributed by atoms with van der Waals surface area (Å²) < 4.78 is 23.5. The first-order valence-electron chi connectivity index (χ1n) is 18.6. The Morgan fingerprint density at radius 1 is 0.717 bits per heavy atom. The first-order chi connectivity index (χ1) is 22.0. The molecule has 10 heteroatoms. The average Bonchev–Trinajstić information content (AvgIpc) is 3.01.